The Morgan fingerprint density at radius 1 is 1.43 bits per heavy atom. The summed E-state index contributed by atoms with van der Waals surface area (Å²) >= 11 is 6.90. The standard InChI is InChI=1S/C18H20N2OS2/c1-3-6-14-8-11-20(12-9-14)16(18(22)19-10-4-2)17(21)15-7-5-13-23-15/h4-5,7-9,11-13,16H,2-3,6,10H2,1H3/p+1/t16-/m0/s1. The summed E-state index contributed by atoms with van der Waals surface area (Å²) in [5.74, 6) is 0.00908. The Kier molecular flexibility index (Phi) is 6.62. The first kappa shape index (κ1) is 17.5. The molecule has 2 heterocycles. The molecular formula is C18H21N2OS2+. The number of nitrogens with one attached hydrogen (secondary N) is 1. The van der Waals surface area contributed by atoms with Gasteiger partial charge in [-0.2, -0.15) is 4.57 Å². The first-order valence-corrected chi connectivity index (χ1v) is 8.92. The lowest BCUT2D eigenvalue weighted by molar-refractivity contribution is -0.692. The Balaban J connectivity index is 2.30. The van der Waals surface area contributed by atoms with Gasteiger partial charge in [-0.25, -0.2) is 0 Å². The lowest BCUT2D eigenvalue weighted by Crippen LogP contribution is -2.51. The predicted octanol–water partition coefficient (Wildman–Crippen LogP) is 3.52. The molecule has 0 amide bonds. The molecule has 5 heteroatoms. The van der Waals surface area contributed by atoms with Crippen molar-refractivity contribution in [2.75, 3.05) is 6.54 Å². The summed E-state index contributed by atoms with van der Waals surface area (Å²) in [6.07, 6.45) is 7.73. The number of aromatic nitrogens is 1. The van der Waals surface area contributed by atoms with E-state index in [1.807, 2.05) is 46.6 Å². The van der Waals surface area contributed by atoms with Crippen LogP contribution >= 0.6 is 23.6 Å². The van der Waals surface area contributed by atoms with Gasteiger partial charge in [0.1, 0.15) is 0 Å². The van der Waals surface area contributed by atoms with Crippen LogP contribution in [0, 0.1) is 0 Å². The van der Waals surface area contributed by atoms with E-state index in [0.717, 1.165) is 12.8 Å². The fraction of sp³-hybridized carbons (Fsp3) is 0.278. The maximum atomic E-state index is 12.9. The number of rotatable bonds is 8. The van der Waals surface area contributed by atoms with Crippen molar-refractivity contribution in [3.05, 3.63) is 65.1 Å². The Morgan fingerprint density at radius 2 is 2.17 bits per heavy atom. The Labute approximate surface area is 146 Å². The largest absolute Gasteiger partial charge is 0.370 e. The van der Waals surface area contributed by atoms with E-state index in [1.54, 1.807) is 6.08 Å². The molecule has 2 rings (SSSR count). The molecule has 2 aromatic heterocycles. The zero-order valence-corrected chi connectivity index (χ0v) is 14.8. The maximum absolute atomic E-state index is 12.9. The molecule has 0 radical (unpaired) electrons. The third-order valence-electron chi connectivity index (χ3n) is 3.44. The van der Waals surface area contributed by atoms with Gasteiger partial charge in [0.25, 0.3) is 6.04 Å². The first-order valence-electron chi connectivity index (χ1n) is 7.63. The number of carbonyl (C=O) groups excluding carboxylic acids is 1. The molecule has 0 bridgehead atoms. The number of hydrogen-bond acceptors (Lipinski definition) is 3. The van der Waals surface area contributed by atoms with E-state index in [2.05, 4.69) is 18.8 Å². The van der Waals surface area contributed by atoms with Crippen LogP contribution in [-0.4, -0.2) is 17.3 Å². The predicted molar refractivity (Wildman–Crippen MR) is 99.1 cm³/mol. The van der Waals surface area contributed by atoms with Crippen LogP contribution in [0.25, 0.3) is 0 Å². The van der Waals surface area contributed by atoms with Crippen molar-refractivity contribution in [2.45, 2.75) is 25.8 Å². The number of thiophene rings is 1. The second-order valence-corrected chi connectivity index (χ2v) is 6.57. The van der Waals surface area contributed by atoms with Gasteiger partial charge in [-0.15, -0.1) is 17.9 Å². The SMILES string of the molecule is C=CCNC(=S)[C@H](C(=O)c1cccs1)[n+]1ccc(CCC)cc1. The summed E-state index contributed by atoms with van der Waals surface area (Å²) in [6.45, 7) is 6.37. The quantitative estimate of drug-likeness (QED) is 0.344. The van der Waals surface area contributed by atoms with E-state index < -0.39 is 6.04 Å². The molecule has 0 aliphatic heterocycles. The zero-order valence-electron chi connectivity index (χ0n) is 13.2. The Bertz CT molecular complexity index is 663. The summed E-state index contributed by atoms with van der Waals surface area (Å²) in [4.78, 5) is 14.1. The second-order valence-electron chi connectivity index (χ2n) is 5.18. The van der Waals surface area contributed by atoms with Gasteiger partial charge < -0.3 is 5.32 Å². The van der Waals surface area contributed by atoms with E-state index in [9.17, 15) is 4.79 Å². The van der Waals surface area contributed by atoms with Gasteiger partial charge in [-0.05, 0) is 23.4 Å². The molecule has 0 spiro atoms. The number of aryl methyl sites for hydroxylation is 1. The molecular weight excluding hydrogens is 324 g/mol. The summed E-state index contributed by atoms with van der Waals surface area (Å²) < 4.78 is 1.87. The Morgan fingerprint density at radius 3 is 2.74 bits per heavy atom. The van der Waals surface area contributed by atoms with E-state index in [1.165, 1.54) is 16.9 Å². The van der Waals surface area contributed by atoms with Gasteiger partial charge in [0.2, 0.25) is 5.78 Å². The lowest BCUT2D eigenvalue weighted by Gasteiger charge is -2.13. The molecule has 0 aliphatic carbocycles. The summed E-state index contributed by atoms with van der Waals surface area (Å²) in [6, 6.07) is 7.29. The molecule has 1 atom stereocenters. The lowest BCUT2D eigenvalue weighted by atomic mass is 10.1. The van der Waals surface area contributed by atoms with Crippen molar-refractivity contribution in [3.63, 3.8) is 0 Å². The number of thiocarbonyl (C=S) groups is 1. The van der Waals surface area contributed by atoms with Gasteiger partial charge in [-0.3, -0.25) is 4.79 Å². The van der Waals surface area contributed by atoms with E-state index in [-0.39, 0.29) is 5.78 Å². The van der Waals surface area contributed by atoms with E-state index >= 15 is 0 Å². The summed E-state index contributed by atoms with van der Waals surface area (Å²) in [5.41, 5.74) is 1.26. The van der Waals surface area contributed by atoms with Gasteiger partial charge in [0.05, 0.1) is 4.88 Å². The van der Waals surface area contributed by atoms with Crippen LogP contribution in [0.15, 0.2) is 54.7 Å². The molecule has 0 fully saturated rings. The van der Waals surface area contributed by atoms with Crippen LogP contribution in [-0.2, 0) is 6.42 Å². The van der Waals surface area contributed by atoms with Crippen molar-refractivity contribution >= 4 is 34.3 Å². The molecule has 0 aliphatic rings. The average molecular weight is 346 g/mol. The summed E-state index contributed by atoms with van der Waals surface area (Å²) in [5, 5.41) is 4.99. The highest BCUT2D eigenvalue weighted by molar-refractivity contribution is 7.80. The molecule has 2 aromatic rings. The maximum Gasteiger partial charge on any atom is 0.271 e. The number of Topliss-reactive ketones (excluding diaryl/α,β-unsaturated/α-hetero) is 1. The fourth-order valence-corrected chi connectivity index (χ4v) is 3.31. The van der Waals surface area contributed by atoms with Gasteiger partial charge >= 0.3 is 0 Å². The van der Waals surface area contributed by atoms with E-state index in [4.69, 9.17) is 12.2 Å². The minimum atomic E-state index is -0.528. The number of nitrogens with zero attached hydrogens (tertiary/aromatic N) is 1. The third kappa shape index (κ3) is 4.56. The smallest absolute Gasteiger partial charge is 0.271 e. The topological polar surface area (TPSA) is 33.0 Å². The van der Waals surface area contributed by atoms with Crippen LogP contribution in [0.3, 0.4) is 0 Å². The number of ketones is 1. The molecule has 0 unspecified atom stereocenters. The molecule has 0 saturated heterocycles. The van der Waals surface area contributed by atoms with E-state index in [0.29, 0.717) is 16.4 Å². The number of carbonyl (C=O) groups is 1. The first-order chi connectivity index (χ1) is 11.2. The highest BCUT2D eigenvalue weighted by Gasteiger charge is 2.33. The van der Waals surface area contributed by atoms with Crippen LogP contribution in [0.1, 0.15) is 34.6 Å². The van der Waals surface area contributed by atoms with Crippen LogP contribution in [0.2, 0.25) is 0 Å². The Hall–Kier alpha value is -1.85. The van der Waals surface area contributed by atoms with Crippen molar-refractivity contribution in [1.82, 2.24) is 5.32 Å². The molecule has 0 saturated carbocycles. The highest BCUT2D eigenvalue weighted by atomic mass is 32.1. The van der Waals surface area contributed by atoms with Crippen LogP contribution in [0.4, 0.5) is 0 Å². The van der Waals surface area contributed by atoms with Gasteiger partial charge in [0.15, 0.2) is 17.4 Å². The molecule has 120 valence electrons. The zero-order chi connectivity index (χ0) is 16.7. The minimum Gasteiger partial charge on any atom is -0.370 e. The van der Waals surface area contributed by atoms with Crippen LogP contribution < -0.4 is 9.88 Å². The van der Waals surface area contributed by atoms with Crippen molar-refractivity contribution in [2.24, 2.45) is 0 Å². The minimum absolute atomic E-state index is 0.00908. The fourth-order valence-electron chi connectivity index (χ4n) is 2.31. The molecule has 1 N–H and O–H groups in total. The van der Waals surface area contributed by atoms with Crippen molar-refractivity contribution in [3.8, 4) is 0 Å². The average Bonchev–Trinajstić information content (AvgIpc) is 3.09. The molecule has 0 aromatic carbocycles. The van der Waals surface area contributed by atoms with Crippen molar-refractivity contribution in [1.29, 1.82) is 0 Å². The van der Waals surface area contributed by atoms with Gasteiger partial charge in [-0.1, -0.05) is 37.7 Å². The number of hydrogen-bond donors (Lipinski definition) is 1. The monoisotopic (exact) mass is 345 g/mol. The molecule has 23 heavy (non-hydrogen) atoms. The highest BCUT2D eigenvalue weighted by Crippen LogP contribution is 2.16. The van der Waals surface area contributed by atoms with Crippen molar-refractivity contribution < 1.29 is 9.36 Å². The second kappa shape index (κ2) is 8.70. The van der Waals surface area contributed by atoms with Crippen LogP contribution in [0.5, 0.6) is 0 Å². The third-order valence-corrected chi connectivity index (χ3v) is 4.69. The van der Waals surface area contributed by atoms with Gasteiger partial charge in [0, 0.05) is 18.7 Å². The number of pyridine rings is 1. The normalized spacial score (nSPS) is 11.7. The molecule has 3 nitrogen and oxygen atoms in total. The summed E-state index contributed by atoms with van der Waals surface area (Å²) in [7, 11) is 0.